The van der Waals surface area contributed by atoms with Gasteiger partial charge in [-0.15, -0.1) is 0 Å². The molecule has 1 rings (SSSR count). The maximum absolute atomic E-state index is 11.1. The van der Waals surface area contributed by atoms with Crippen molar-refractivity contribution in [3.63, 3.8) is 0 Å². The Bertz CT molecular complexity index is 376. The van der Waals surface area contributed by atoms with Crippen LogP contribution in [0, 0.1) is 0 Å². The molecule has 0 bridgehead atoms. The monoisotopic (exact) mass is 252 g/mol. The van der Waals surface area contributed by atoms with Gasteiger partial charge in [-0.25, -0.2) is 4.79 Å². The number of benzene rings is 1. The van der Waals surface area contributed by atoms with E-state index >= 15 is 0 Å². The quantitative estimate of drug-likeness (QED) is 0.772. The second-order valence-electron chi connectivity index (χ2n) is 3.94. The van der Waals surface area contributed by atoms with E-state index in [0.717, 1.165) is 17.7 Å². The lowest BCUT2D eigenvalue weighted by Gasteiger charge is -2.15. The smallest absolute Gasteiger partial charge is 0.333 e. The zero-order valence-corrected chi connectivity index (χ0v) is 10.9. The average Bonchev–Trinajstić information content (AvgIpc) is 2.36. The Morgan fingerprint density at radius 2 is 2.06 bits per heavy atom. The van der Waals surface area contributed by atoms with Crippen molar-refractivity contribution in [3.05, 3.63) is 29.8 Å². The largest absolute Gasteiger partial charge is 0.494 e. The van der Waals surface area contributed by atoms with Crippen LogP contribution in [-0.2, 0) is 16.0 Å². The van der Waals surface area contributed by atoms with E-state index in [1.165, 1.54) is 0 Å². The predicted molar refractivity (Wildman–Crippen MR) is 69.0 cm³/mol. The van der Waals surface area contributed by atoms with E-state index in [1.807, 2.05) is 38.1 Å². The van der Waals surface area contributed by atoms with Gasteiger partial charge in [0, 0.05) is 13.0 Å². The normalized spacial score (nSPS) is 12.1. The van der Waals surface area contributed by atoms with Gasteiger partial charge >= 0.3 is 5.97 Å². The lowest BCUT2D eigenvalue weighted by molar-refractivity contribution is -0.150. The van der Waals surface area contributed by atoms with E-state index in [0.29, 0.717) is 19.6 Å². The zero-order chi connectivity index (χ0) is 13.4. The zero-order valence-electron chi connectivity index (χ0n) is 10.9. The molecular weight excluding hydrogens is 232 g/mol. The molecule has 100 valence electrons. The third-order valence-electron chi connectivity index (χ3n) is 2.48. The van der Waals surface area contributed by atoms with E-state index in [9.17, 15) is 4.79 Å². The van der Waals surface area contributed by atoms with Gasteiger partial charge in [0.15, 0.2) is 6.10 Å². The summed E-state index contributed by atoms with van der Waals surface area (Å²) in [5.74, 6) is -0.207. The molecule has 0 radical (unpaired) electrons. The summed E-state index contributed by atoms with van der Waals surface area (Å²) < 4.78 is 10.8. The van der Waals surface area contributed by atoms with Crippen molar-refractivity contribution >= 4 is 5.97 Å². The predicted octanol–water partition coefficient (Wildman–Crippen LogP) is 2.51. The topological polar surface area (TPSA) is 55.8 Å². The molecule has 0 amide bonds. The molecule has 1 atom stereocenters. The summed E-state index contributed by atoms with van der Waals surface area (Å²) in [5, 5.41) is 9.12. The molecule has 0 saturated heterocycles. The number of hydrogen-bond acceptors (Lipinski definition) is 3. The van der Waals surface area contributed by atoms with Crippen LogP contribution in [0.4, 0.5) is 0 Å². The van der Waals surface area contributed by atoms with Crippen molar-refractivity contribution in [2.24, 2.45) is 0 Å². The molecule has 0 spiro atoms. The van der Waals surface area contributed by atoms with Crippen LogP contribution < -0.4 is 4.74 Å². The second-order valence-corrected chi connectivity index (χ2v) is 3.94. The average molecular weight is 252 g/mol. The Kier molecular flexibility index (Phi) is 6.22. The first kappa shape index (κ1) is 14.5. The third-order valence-corrected chi connectivity index (χ3v) is 2.48. The standard InChI is InChI=1S/C14H20O4/c1-3-9-18-13(14(15)16)10-11-7-5-6-8-12(11)17-4-2/h5-8,13H,3-4,9-10H2,1-2H3,(H,15,16)/t13-/m0/s1. The summed E-state index contributed by atoms with van der Waals surface area (Å²) in [7, 11) is 0. The summed E-state index contributed by atoms with van der Waals surface area (Å²) in [4.78, 5) is 11.1. The highest BCUT2D eigenvalue weighted by molar-refractivity contribution is 5.73. The van der Waals surface area contributed by atoms with Crippen LogP contribution in [0.2, 0.25) is 0 Å². The van der Waals surface area contributed by atoms with Crippen LogP contribution in [-0.4, -0.2) is 30.4 Å². The third kappa shape index (κ3) is 4.37. The van der Waals surface area contributed by atoms with Gasteiger partial charge in [0.1, 0.15) is 5.75 Å². The lowest BCUT2D eigenvalue weighted by atomic mass is 10.1. The van der Waals surface area contributed by atoms with Crippen molar-refractivity contribution in [3.8, 4) is 5.75 Å². The van der Waals surface area contributed by atoms with Gasteiger partial charge in [-0.05, 0) is 25.0 Å². The Hall–Kier alpha value is -1.55. The molecule has 18 heavy (non-hydrogen) atoms. The van der Waals surface area contributed by atoms with E-state index < -0.39 is 12.1 Å². The molecule has 4 heteroatoms. The minimum Gasteiger partial charge on any atom is -0.494 e. The Morgan fingerprint density at radius 3 is 2.67 bits per heavy atom. The maximum Gasteiger partial charge on any atom is 0.333 e. The van der Waals surface area contributed by atoms with E-state index in [1.54, 1.807) is 0 Å². The molecule has 1 aromatic rings. The van der Waals surface area contributed by atoms with Crippen molar-refractivity contribution in [2.45, 2.75) is 32.8 Å². The lowest BCUT2D eigenvalue weighted by Crippen LogP contribution is -2.27. The van der Waals surface area contributed by atoms with Crippen molar-refractivity contribution in [2.75, 3.05) is 13.2 Å². The van der Waals surface area contributed by atoms with Gasteiger partial charge in [-0.3, -0.25) is 0 Å². The van der Waals surface area contributed by atoms with Gasteiger partial charge < -0.3 is 14.6 Å². The number of para-hydroxylation sites is 1. The molecule has 4 nitrogen and oxygen atoms in total. The fourth-order valence-electron chi connectivity index (χ4n) is 1.65. The summed E-state index contributed by atoms with van der Waals surface area (Å²) in [6, 6.07) is 7.46. The first-order chi connectivity index (χ1) is 8.69. The summed E-state index contributed by atoms with van der Waals surface area (Å²) >= 11 is 0. The first-order valence-electron chi connectivity index (χ1n) is 6.24. The highest BCUT2D eigenvalue weighted by Gasteiger charge is 2.20. The highest BCUT2D eigenvalue weighted by Crippen LogP contribution is 2.20. The van der Waals surface area contributed by atoms with Crippen molar-refractivity contribution in [1.82, 2.24) is 0 Å². The second kappa shape index (κ2) is 7.71. The van der Waals surface area contributed by atoms with Crippen LogP contribution in [0.5, 0.6) is 5.75 Å². The number of ether oxygens (including phenoxy) is 2. The van der Waals surface area contributed by atoms with Crippen molar-refractivity contribution in [1.29, 1.82) is 0 Å². The number of carbonyl (C=O) groups is 1. The number of carboxylic acids is 1. The highest BCUT2D eigenvalue weighted by atomic mass is 16.5. The maximum atomic E-state index is 11.1. The fraction of sp³-hybridized carbons (Fsp3) is 0.500. The molecule has 0 aliphatic heterocycles. The number of carboxylic acid groups (broad SMARTS) is 1. The number of hydrogen-bond donors (Lipinski definition) is 1. The van der Waals surface area contributed by atoms with E-state index in [4.69, 9.17) is 14.6 Å². The molecule has 0 aromatic heterocycles. The van der Waals surface area contributed by atoms with E-state index in [-0.39, 0.29) is 0 Å². The molecular formula is C14H20O4. The van der Waals surface area contributed by atoms with Crippen LogP contribution in [0.3, 0.4) is 0 Å². The van der Waals surface area contributed by atoms with Crippen LogP contribution >= 0.6 is 0 Å². The molecule has 0 saturated carbocycles. The van der Waals surface area contributed by atoms with Crippen LogP contribution in [0.15, 0.2) is 24.3 Å². The number of rotatable bonds is 8. The molecule has 0 unspecified atom stereocenters. The molecule has 0 aliphatic carbocycles. The number of aliphatic carboxylic acids is 1. The molecule has 1 aromatic carbocycles. The molecule has 0 heterocycles. The minimum atomic E-state index is -0.935. The summed E-state index contributed by atoms with van der Waals surface area (Å²) in [6.45, 7) is 4.87. The first-order valence-corrected chi connectivity index (χ1v) is 6.24. The van der Waals surface area contributed by atoms with Gasteiger partial charge in [0.05, 0.1) is 6.61 Å². The fourth-order valence-corrected chi connectivity index (χ4v) is 1.65. The molecule has 0 fully saturated rings. The molecule has 1 N–H and O–H groups in total. The van der Waals surface area contributed by atoms with Crippen molar-refractivity contribution < 1.29 is 19.4 Å². The Morgan fingerprint density at radius 1 is 1.33 bits per heavy atom. The Balaban J connectivity index is 2.76. The minimum absolute atomic E-state index is 0.325. The Labute approximate surface area is 108 Å². The van der Waals surface area contributed by atoms with E-state index in [2.05, 4.69) is 0 Å². The van der Waals surface area contributed by atoms with Gasteiger partial charge in [0.2, 0.25) is 0 Å². The summed E-state index contributed by atoms with van der Waals surface area (Å²) in [5.41, 5.74) is 0.864. The van der Waals surface area contributed by atoms with Gasteiger partial charge in [0.25, 0.3) is 0 Å². The van der Waals surface area contributed by atoms with Gasteiger partial charge in [-0.1, -0.05) is 25.1 Å². The summed E-state index contributed by atoms with van der Waals surface area (Å²) in [6.07, 6.45) is 0.314. The van der Waals surface area contributed by atoms with Crippen LogP contribution in [0.1, 0.15) is 25.8 Å². The molecule has 0 aliphatic rings. The SMILES string of the molecule is CCCO[C@@H](Cc1ccccc1OCC)C(=O)O. The van der Waals surface area contributed by atoms with Crippen LogP contribution in [0.25, 0.3) is 0 Å². The van der Waals surface area contributed by atoms with Gasteiger partial charge in [-0.2, -0.15) is 0 Å².